The molecule has 1 aromatic carbocycles. The summed E-state index contributed by atoms with van der Waals surface area (Å²) in [6.45, 7) is 8.91. The van der Waals surface area contributed by atoms with Gasteiger partial charge < -0.3 is 10.1 Å². The normalized spacial score (nSPS) is 17.2. The van der Waals surface area contributed by atoms with Crippen molar-refractivity contribution < 1.29 is 4.74 Å². The van der Waals surface area contributed by atoms with E-state index in [-0.39, 0.29) is 0 Å². The summed E-state index contributed by atoms with van der Waals surface area (Å²) in [7, 11) is 1.76. The molecule has 0 radical (unpaired) electrons. The third-order valence-corrected chi connectivity index (χ3v) is 4.08. The summed E-state index contributed by atoms with van der Waals surface area (Å²) >= 11 is 0. The van der Waals surface area contributed by atoms with Crippen LogP contribution in [0.5, 0.6) is 5.75 Å². The topological polar surface area (TPSA) is 21.3 Å². The first-order chi connectivity index (χ1) is 8.15. The first-order valence-corrected chi connectivity index (χ1v) is 6.50. The maximum absolute atomic E-state index is 5.44. The Morgan fingerprint density at radius 1 is 1.12 bits per heavy atom. The molecular formula is C15H23NO. The van der Waals surface area contributed by atoms with Gasteiger partial charge in [-0.1, -0.05) is 0 Å². The molecule has 94 valence electrons. The molecule has 1 fully saturated rings. The summed E-state index contributed by atoms with van der Waals surface area (Å²) in [4.78, 5) is 0. The largest absolute Gasteiger partial charge is 0.496 e. The van der Waals surface area contributed by atoms with Crippen molar-refractivity contribution in [2.75, 3.05) is 20.2 Å². The van der Waals surface area contributed by atoms with E-state index in [0.717, 1.165) is 24.8 Å². The molecule has 17 heavy (non-hydrogen) atoms. The van der Waals surface area contributed by atoms with Gasteiger partial charge in [-0.25, -0.2) is 0 Å². The van der Waals surface area contributed by atoms with Gasteiger partial charge in [0, 0.05) is 0 Å². The molecule has 1 N–H and O–H groups in total. The number of methoxy groups -OCH3 is 1. The van der Waals surface area contributed by atoms with Gasteiger partial charge in [0.2, 0.25) is 0 Å². The Hall–Kier alpha value is -1.02. The minimum absolute atomic E-state index is 0.723. The van der Waals surface area contributed by atoms with Crippen molar-refractivity contribution in [3.63, 3.8) is 0 Å². The predicted molar refractivity (Wildman–Crippen MR) is 72.0 cm³/mol. The lowest BCUT2D eigenvalue weighted by atomic mass is 9.83. The molecule has 1 aliphatic rings. The number of aryl methyl sites for hydroxylation is 1. The lowest BCUT2D eigenvalue weighted by Gasteiger charge is -2.27. The van der Waals surface area contributed by atoms with Crippen molar-refractivity contribution in [1.29, 1.82) is 0 Å². The van der Waals surface area contributed by atoms with Crippen molar-refractivity contribution in [1.82, 2.24) is 5.32 Å². The second-order valence-electron chi connectivity index (χ2n) is 5.08. The average Bonchev–Trinajstić information content (AvgIpc) is 2.35. The molecule has 0 unspecified atom stereocenters. The summed E-state index contributed by atoms with van der Waals surface area (Å²) in [6.07, 6.45) is 2.51. The maximum Gasteiger partial charge on any atom is 0.122 e. The van der Waals surface area contributed by atoms with Crippen LogP contribution >= 0.6 is 0 Å². The molecule has 1 heterocycles. The minimum Gasteiger partial charge on any atom is -0.496 e. The maximum atomic E-state index is 5.44. The van der Waals surface area contributed by atoms with Crippen LogP contribution in [-0.2, 0) is 0 Å². The third-order valence-electron chi connectivity index (χ3n) is 4.08. The highest BCUT2D eigenvalue weighted by Gasteiger charge is 2.21. The lowest BCUT2D eigenvalue weighted by Crippen LogP contribution is -2.27. The smallest absolute Gasteiger partial charge is 0.122 e. The van der Waals surface area contributed by atoms with Gasteiger partial charge in [0.1, 0.15) is 5.75 Å². The number of hydrogen-bond acceptors (Lipinski definition) is 2. The van der Waals surface area contributed by atoms with Crippen molar-refractivity contribution >= 4 is 0 Å². The van der Waals surface area contributed by atoms with E-state index in [9.17, 15) is 0 Å². The zero-order valence-electron chi connectivity index (χ0n) is 11.4. The molecule has 0 amide bonds. The van der Waals surface area contributed by atoms with Gasteiger partial charge in [-0.2, -0.15) is 0 Å². The fraction of sp³-hybridized carbons (Fsp3) is 0.600. The molecule has 1 aromatic rings. The molecule has 0 aliphatic carbocycles. The van der Waals surface area contributed by atoms with Crippen molar-refractivity contribution in [2.45, 2.75) is 39.5 Å². The van der Waals surface area contributed by atoms with E-state index < -0.39 is 0 Å². The minimum atomic E-state index is 0.723. The molecule has 1 aliphatic heterocycles. The highest BCUT2D eigenvalue weighted by atomic mass is 16.5. The predicted octanol–water partition coefficient (Wildman–Crippen LogP) is 3.09. The number of ether oxygens (including phenoxy) is 1. The molecule has 2 nitrogen and oxygen atoms in total. The molecule has 0 atom stereocenters. The van der Waals surface area contributed by atoms with Crippen LogP contribution in [-0.4, -0.2) is 20.2 Å². The summed E-state index contributed by atoms with van der Waals surface area (Å²) in [6, 6.07) is 2.19. The molecule has 2 rings (SSSR count). The van der Waals surface area contributed by atoms with E-state index in [4.69, 9.17) is 4.74 Å². The van der Waals surface area contributed by atoms with Crippen LogP contribution in [0.3, 0.4) is 0 Å². The number of nitrogens with one attached hydrogen (secondary N) is 1. The first kappa shape index (κ1) is 12.4. The van der Waals surface area contributed by atoms with Crippen molar-refractivity contribution in [3.05, 3.63) is 28.3 Å². The molecule has 0 saturated carbocycles. The molecular weight excluding hydrogens is 210 g/mol. The van der Waals surface area contributed by atoms with Crippen LogP contribution in [0.1, 0.15) is 41.0 Å². The number of piperidine rings is 1. The first-order valence-electron chi connectivity index (χ1n) is 6.50. The number of hydrogen-bond donors (Lipinski definition) is 1. The third kappa shape index (κ3) is 2.32. The van der Waals surface area contributed by atoms with Crippen LogP contribution in [0.2, 0.25) is 0 Å². The lowest BCUT2D eigenvalue weighted by molar-refractivity contribution is 0.409. The van der Waals surface area contributed by atoms with Crippen LogP contribution in [0.15, 0.2) is 6.07 Å². The summed E-state index contributed by atoms with van der Waals surface area (Å²) in [5.41, 5.74) is 5.67. The van der Waals surface area contributed by atoms with Crippen molar-refractivity contribution in [3.8, 4) is 5.75 Å². The van der Waals surface area contributed by atoms with E-state index in [1.807, 2.05) is 0 Å². The fourth-order valence-electron chi connectivity index (χ4n) is 3.02. The molecule has 0 aromatic heterocycles. The van der Waals surface area contributed by atoms with Gasteiger partial charge in [0.15, 0.2) is 0 Å². The van der Waals surface area contributed by atoms with Gasteiger partial charge in [0.05, 0.1) is 7.11 Å². The molecule has 2 heteroatoms. The Labute approximate surface area is 104 Å². The number of benzene rings is 1. The summed E-state index contributed by atoms with van der Waals surface area (Å²) < 4.78 is 5.44. The summed E-state index contributed by atoms with van der Waals surface area (Å²) in [5.74, 6) is 1.75. The molecule has 0 spiro atoms. The van der Waals surface area contributed by atoms with Gasteiger partial charge in [-0.15, -0.1) is 0 Å². The quantitative estimate of drug-likeness (QED) is 0.847. The van der Waals surface area contributed by atoms with Gasteiger partial charge in [-0.05, 0) is 80.9 Å². The Morgan fingerprint density at radius 2 is 1.76 bits per heavy atom. The zero-order valence-corrected chi connectivity index (χ0v) is 11.4. The van der Waals surface area contributed by atoms with E-state index >= 15 is 0 Å². The van der Waals surface area contributed by atoms with E-state index in [1.165, 1.54) is 29.5 Å². The van der Waals surface area contributed by atoms with Crippen LogP contribution in [0, 0.1) is 20.8 Å². The van der Waals surface area contributed by atoms with Crippen molar-refractivity contribution in [2.24, 2.45) is 0 Å². The van der Waals surface area contributed by atoms with Crippen LogP contribution in [0.4, 0.5) is 0 Å². The summed E-state index contributed by atoms with van der Waals surface area (Å²) in [5, 5.41) is 3.44. The second kappa shape index (κ2) is 5.09. The Balaban J connectivity index is 2.42. The second-order valence-corrected chi connectivity index (χ2v) is 5.08. The Morgan fingerprint density at radius 3 is 2.35 bits per heavy atom. The van der Waals surface area contributed by atoms with E-state index in [0.29, 0.717) is 0 Å². The monoisotopic (exact) mass is 233 g/mol. The van der Waals surface area contributed by atoms with Crippen LogP contribution < -0.4 is 10.1 Å². The van der Waals surface area contributed by atoms with Gasteiger partial charge in [-0.3, -0.25) is 0 Å². The SMILES string of the molecule is COc1cc(C)c(C2CCNCC2)c(C)c1C. The molecule has 0 bridgehead atoms. The Kier molecular flexibility index (Phi) is 3.72. The van der Waals surface area contributed by atoms with Crippen LogP contribution in [0.25, 0.3) is 0 Å². The Bertz CT molecular complexity index is 406. The van der Waals surface area contributed by atoms with Gasteiger partial charge >= 0.3 is 0 Å². The van der Waals surface area contributed by atoms with E-state index in [2.05, 4.69) is 32.2 Å². The van der Waals surface area contributed by atoms with Gasteiger partial charge in [0.25, 0.3) is 0 Å². The van der Waals surface area contributed by atoms with E-state index in [1.54, 1.807) is 12.7 Å². The standard InChI is InChI=1S/C15H23NO/c1-10-9-14(17-4)11(2)12(3)15(10)13-5-7-16-8-6-13/h9,13,16H,5-8H2,1-4H3. The number of rotatable bonds is 2. The fourth-order valence-corrected chi connectivity index (χ4v) is 3.02. The highest BCUT2D eigenvalue weighted by molar-refractivity contribution is 5.49. The highest BCUT2D eigenvalue weighted by Crippen LogP contribution is 2.35. The zero-order chi connectivity index (χ0) is 12.4. The average molecular weight is 233 g/mol. The molecule has 1 saturated heterocycles.